The number of carbonyl (C=O) groups excluding carboxylic acids is 1. The van der Waals surface area contributed by atoms with Crippen molar-refractivity contribution in [3.05, 3.63) is 59.9 Å². The van der Waals surface area contributed by atoms with Crippen LogP contribution in [0.15, 0.2) is 48.8 Å². The van der Waals surface area contributed by atoms with Gasteiger partial charge in [-0.15, -0.1) is 5.10 Å². The van der Waals surface area contributed by atoms with Gasteiger partial charge in [-0.25, -0.2) is 4.68 Å². The summed E-state index contributed by atoms with van der Waals surface area (Å²) in [5.41, 5.74) is 4.54. The van der Waals surface area contributed by atoms with Gasteiger partial charge in [0.15, 0.2) is 0 Å². The quantitative estimate of drug-likeness (QED) is 0.690. The molecule has 0 aliphatic heterocycles. The Hall–Kier alpha value is -3.02. The molecule has 1 amide bonds. The zero-order valence-corrected chi connectivity index (χ0v) is 16.0. The van der Waals surface area contributed by atoms with Gasteiger partial charge in [0.1, 0.15) is 6.33 Å². The van der Waals surface area contributed by atoms with Crippen LogP contribution in [0.2, 0.25) is 0 Å². The lowest BCUT2D eigenvalue weighted by molar-refractivity contribution is 0.0938. The second-order valence-electron chi connectivity index (χ2n) is 6.91. The standard InChI is InChI=1S/C21H25N5O/c1-4-5-6-16(3)23-21(27)19-11-18(17-9-7-15(2)8-10-17)12-20(13-19)26-14-22-24-25-26/h7-14,16H,4-6H2,1-3H3,(H,23,27). The number of aryl methyl sites for hydroxylation is 1. The van der Waals surface area contributed by atoms with E-state index in [2.05, 4.69) is 59.0 Å². The van der Waals surface area contributed by atoms with Crippen molar-refractivity contribution in [2.24, 2.45) is 0 Å². The van der Waals surface area contributed by atoms with Crippen LogP contribution in [0.25, 0.3) is 16.8 Å². The van der Waals surface area contributed by atoms with Crippen LogP contribution in [0, 0.1) is 6.92 Å². The Kier molecular flexibility index (Phi) is 5.96. The lowest BCUT2D eigenvalue weighted by atomic mass is 10.0. The van der Waals surface area contributed by atoms with Crippen molar-refractivity contribution >= 4 is 5.91 Å². The molecule has 140 valence electrons. The van der Waals surface area contributed by atoms with Crippen LogP contribution in [0.5, 0.6) is 0 Å². The van der Waals surface area contributed by atoms with Crippen LogP contribution >= 0.6 is 0 Å². The van der Waals surface area contributed by atoms with Crippen LogP contribution in [-0.4, -0.2) is 32.2 Å². The van der Waals surface area contributed by atoms with E-state index in [1.165, 1.54) is 11.9 Å². The Bertz CT molecular complexity index is 887. The van der Waals surface area contributed by atoms with Crippen molar-refractivity contribution in [2.45, 2.75) is 46.1 Å². The summed E-state index contributed by atoms with van der Waals surface area (Å²) in [5.74, 6) is -0.0816. The Morgan fingerprint density at radius 3 is 2.59 bits per heavy atom. The van der Waals surface area contributed by atoms with Gasteiger partial charge in [-0.3, -0.25) is 4.79 Å². The Labute approximate surface area is 159 Å². The highest BCUT2D eigenvalue weighted by Crippen LogP contribution is 2.24. The fraction of sp³-hybridized carbons (Fsp3) is 0.333. The fourth-order valence-electron chi connectivity index (χ4n) is 2.96. The van der Waals surface area contributed by atoms with Crippen molar-refractivity contribution in [1.29, 1.82) is 0 Å². The first-order valence-electron chi connectivity index (χ1n) is 9.33. The van der Waals surface area contributed by atoms with E-state index in [9.17, 15) is 4.79 Å². The molecule has 0 saturated heterocycles. The lowest BCUT2D eigenvalue weighted by Crippen LogP contribution is -2.32. The Morgan fingerprint density at radius 1 is 1.15 bits per heavy atom. The third kappa shape index (κ3) is 4.78. The predicted octanol–water partition coefficient (Wildman–Crippen LogP) is 3.95. The van der Waals surface area contributed by atoms with Crippen molar-refractivity contribution in [1.82, 2.24) is 25.5 Å². The van der Waals surface area contributed by atoms with Crippen LogP contribution in [-0.2, 0) is 0 Å². The summed E-state index contributed by atoms with van der Waals surface area (Å²) in [7, 11) is 0. The van der Waals surface area contributed by atoms with Gasteiger partial charge in [-0.2, -0.15) is 0 Å². The van der Waals surface area contributed by atoms with E-state index in [1.54, 1.807) is 4.68 Å². The third-order valence-electron chi connectivity index (χ3n) is 4.55. The van der Waals surface area contributed by atoms with E-state index in [4.69, 9.17) is 0 Å². The molecule has 0 radical (unpaired) electrons. The van der Waals surface area contributed by atoms with Gasteiger partial charge in [0.25, 0.3) is 5.91 Å². The molecule has 6 heteroatoms. The molecule has 6 nitrogen and oxygen atoms in total. The summed E-state index contributed by atoms with van der Waals surface area (Å²) in [5, 5.41) is 14.5. The first-order chi connectivity index (χ1) is 13.1. The molecule has 0 bridgehead atoms. The largest absolute Gasteiger partial charge is 0.350 e. The van der Waals surface area contributed by atoms with Gasteiger partial charge in [0.2, 0.25) is 0 Å². The lowest BCUT2D eigenvalue weighted by Gasteiger charge is -2.15. The maximum absolute atomic E-state index is 12.8. The van der Waals surface area contributed by atoms with Crippen LogP contribution < -0.4 is 5.32 Å². The normalized spacial score (nSPS) is 12.0. The molecular weight excluding hydrogens is 338 g/mol. The zero-order chi connectivity index (χ0) is 19.2. The molecule has 1 heterocycles. The number of aromatic nitrogens is 4. The first kappa shape index (κ1) is 18.8. The number of amides is 1. The van der Waals surface area contributed by atoms with Crippen molar-refractivity contribution < 1.29 is 4.79 Å². The molecule has 0 aliphatic rings. The highest BCUT2D eigenvalue weighted by atomic mass is 16.1. The van der Waals surface area contributed by atoms with E-state index in [-0.39, 0.29) is 11.9 Å². The summed E-state index contributed by atoms with van der Waals surface area (Å²) in [4.78, 5) is 12.8. The van der Waals surface area contributed by atoms with Gasteiger partial charge in [-0.1, -0.05) is 49.6 Å². The molecule has 1 N–H and O–H groups in total. The summed E-state index contributed by atoms with van der Waals surface area (Å²) >= 11 is 0. The van der Waals surface area contributed by atoms with E-state index >= 15 is 0 Å². The number of hydrogen-bond donors (Lipinski definition) is 1. The molecule has 1 atom stereocenters. The number of unbranched alkanes of at least 4 members (excludes halogenated alkanes) is 1. The molecule has 27 heavy (non-hydrogen) atoms. The summed E-state index contributed by atoms with van der Waals surface area (Å²) < 4.78 is 1.56. The summed E-state index contributed by atoms with van der Waals surface area (Å²) in [6.07, 6.45) is 4.72. The van der Waals surface area contributed by atoms with Gasteiger partial charge >= 0.3 is 0 Å². The maximum atomic E-state index is 12.8. The third-order valence-corrected chi connectivity index (χ3v) is 4.55. The molecule has 0 fully saturated rings. The molecule has 2 aromatic carbocycles. The topological polar surface area (TPSA) is 72.7 Å². The minimum atomic E-state index is -0.0816. The van der Waals surface area contributed by atoms with Crippen molar-refractivity contribution in [2.75, 3.05) is 0 Å². The number of carbonyl (C=O) groups is 1. The van der Waals surface area contributed by atoms with Crippen LogP contribution in [0.3, 0.4) is 0 Å². The van der Waals surface area contributed by atoms with Gasteiger partial charge in [0.05, 0.1) is 5.69 Å². The SMILES string of the molecule is CCCCC(C)NC(=O)c1cc(-c2ccc(C)cc2)cc(-n2cnnn2)c1. The molecule has 1 unspecified atom stereocenters. The molecule has 3 rings (SSSR count). The van der Waals surface area contributed by atoms with Crippen molar-refractivity contribution in [3.63, 3.8) is 0 Å². The van der Waals surface area contributed by atoms with Crippen LogP contribution in [0.4, 0.5) is 0 Å². The Balaban J connectivity index is 1.95. The average molecular weight is 363 g/mol. The number of tetrazole rings is 1. The number of nitrogens with one attached hydrogen (secondary N) is 1. The number of rotatable bonds is 7. The highest BCUT2D eigenvalue weighted by molar-refractivity contribution is 5.96. The number of nitrogens with zero attached hydrogens (tertiary/aromatic N) is 4. The fourth-order valence-corrected chi connectivity index (χ4v) is 2.96. The highest BCUT2D eigenvalue weighted by Gasteiger charge is 2.14. The molecule has 0 aliphatic carbocycles. The molecule has 3 aromatic rings. The number of hydrogen-bond acceptors (Lipinski definition) is 4. The van der Waals surface area contributed by atoms with E-state index < -0.39 is 0 Å². The minimum Gasteiger partial charge on any atom is -0.350 e. The van der Waals surface area contributed by atoms with Gasteiger partial charge < -0.3 is 5.32 Å². The molecular formula is C21H25N5O. The van der Waals surface area contributed by atoms with Crippen LogP contribution in [0.1, 0.15) is 49.0 Å². The summed E-state index contributed by atoms with van der Waals surface area (Å²) in [6, 6.07) is 14.1. The molecule has 0 saturated carbocycles. The number of benzene rings is 2. The molecule has 0 spiro atoms. The average Bonchev–Trinajstić information content (AvgIpc) is 3.21. The van der Waals surface area contributed by atoms with E-state index in [0.29, 0.717) is 5.56 Å². The maximum Gasteiger partial charge on any atom is 0.251 e. The Morgan fingerprint density at radius 2 is 1.93 bits per heavy atom. The van der Waals surface area contributed by atoms with Crippen molar-refractivity contribution in [3.8, 4) is 16.8 Å². The van der Waals surface area contributed by atoms with Gasteiger partial charge in [-0.05, 0) is 60.0 Å². The second-order valence-corrected chi connectivity index (χ2v) is 6.91. The van der Waals surface area contributed by atoms with Gasteiger partial charge in [0, 0.05) is 11.6 Å². The summed E-state index contributed by atoms with van der Waals surface area (Å²) in [6.45, 7) is 6.25. The van der Waals surface area contributed by atoms with E-state index in [0.717, 1.165) is 36.1 Å². The zero-order valence-electron chi connectivity index (χ0n) is 16.0. The molecule has 1 aromatic heterocycles. The van der Waals surface area contributed by atoms with E-state index in [1.807, 2.05) is 25.1 Å². The minimum absolute atomic E-state index is 0.0816. The second kappa shape index (κ2) is 8.58. The monoisotopic (exact) mass is 363 g/mol. The smallest absolute Gasteiger partial charge is 0.251 e. The predicted molar refractivity (Wildman–Crippen MR) is 106 cm³/mol. The first-order valence-corrected chi connectivity index (χ1v) is 9.33.